The van der Waals surface area contributed by atoms with Crippen LogP contribution in [-0.2, 0) is 20.7 Å². The van der Waals surface area contributed by atoms with Gasteiger partial charge in [-0.3, -0.25) is 9.59 Å². The molecule has 0 aliphatic rings. The van der Waals surface area contributed by atoms with E-state index < -0.39 is 23.8 Å². The van der Waals surface area contributed by atoms with E-state index in [1.54, 1.807) is 18.2 Å². The molecule has 0 bridgehead atoms. The Hall–Kier alpha value is -2.60. The predicted molar refractivity (Wildman–Crippen MR) is 92.3 cm³/mol. The molecule has 0 saturated heterocycles. The second-order valence-electron chi connectivity index (χ2n) is 5.26. The van der Waals surface area contributed by atoms with Gasteiger partial charge in [-0.15, -0.1) is 0 Å². The third-order valence-corrected chi connectivity index (χ3v) is 3.60. The highest BCUT2D eigenvalue weighted by molar-refractivity contribution is 6.30. The van der Waals surface area contributed by atoms with Gasteiger partial charge in [0, 0.05) is 16.3 Å². The van der Waals surface area contributed by atoms with E-state index in [9.17, 15) is 14.0 Å². The molecular weight excluding hydrogens is 349 g/mol. The summed E-state index contributed by atoms with van der Waals surface area (Å²) in [6.07, 6.45) is -1.10. The van der Waals surface area contributed by atoms with Gasteiger partial charge in [0.15, 0.2) is 6.10 Å². The van der Waals surface area contributed by atoms with Crippen LogP contribution in [0.1, 0.15) is 12.5 Å². The van der Waals surface area contributed by atoms with Gasteiger partial charge in [0.25, 0.3) is 5.91 Å². The molecule has 0 aromatic heterocycles. The second-order valence-corrected chi connectivity index (χ2v) is 5.70. The quantitative estimate of drug-likeness (QED) is 0.794. The topological polar surface area (TPSA) is 64.6 Å². The zero-order chi connectivity index (χ0) is 18.4. The smallest absolute Gasteiger partial charge is 0.311 e. The molecule has 0 aliphatic carbocycles. The van der Waals surface area contributed by atoms with E-state index in [-0.39, 0.29) is 6.42 Å². The number of amides is 1. The van der Waals surface area contributed by atoms with Crippen molar-refractivity contribution in [2.75, 3.05) is 12.4 Å². The van der Waals surface area contributed by atoms with Crippen molar-refractivity contribution >= 4 is 29.2 Å². The minimum Gasteiger partial charge on any atom is -0.496 e. The number of nitrogens with one attached hydrogen (secondary N) is 1. The van der Waals surface area contributed by atoms with Crippen LogP contribution < -0.4 is 10.1 Å². The molecule has 2 aromatic rings. The average Bonchev–Trinajstić information content (AvgIpc) is 2.57. The van der Waals surface area contributed by atoms with E-state index in [2.05, 4.69) is 5.32 Å². The lowest BCUT2D eigenvalue weighted by atomic mass is 10.1. The van der Waals surface area contributed by atoms with Crippen molar-refractivity contribution in [3.63, 3.8) is 0 Å². The van der Waals surface area contributed by atoms with Gasteiger partial charge >= 0.3 is 5.97 Å². The summed E-state index contributed by atoms with van der Waals surface area (Å²) < 4.78 is 23.1. The number of carbonyl (C=O) groups excluding carboxylic acids is 2. The van der Waals surface area contributed by atoms with Crippen LogP contribution in [-0.4, -0.2) is 25.1 Å². The number of esters is 1. The van der Waals surface area contributed by atoms with Crippen LogP contribution in [0.5, 0.6) is 5.75 Å². The molecule has 0 heterocycles. The maximum absolute atomic E-state index is 12.9. The van der Waals surface area contributed by atoms with Crippen molar-refractivity contribution in [1.82, 2.24) is 0 Å². The van der Waals surface area contributed by atoms with E-state index in [1.165, 1.54) is 38.3 Å². The monoisotopic (exact) mass is 365 g/mol. The Morgan fingerprint density at radius 3 is 2.52 bits per heavy atom. The SMILES string of the molecule is COc1ccc(Cl)cc1CC(=O)O[C@H](C)C(=O)Nc1ccc(F)cc1. The number of ether oxygens (including phenoxy) is 2. The largest absolute Gasteiger partial charge is 0.496 e. The van der Waals surface area contributed by atoms with E-state index in [0.29, 0.717) is 22.0 Å². The first-order chi connectivity index (χ1) is 11.9. The van der Waals surface area contributed by atoms with Crippen LogP contribution in [0.25, 0.3) is 0 Å². The second kappa shape index (κ2) is 8.48. The van der Waals surface area contributed by atoms with Gasteiger partial charge in [0.05, 0.1) is 13.5 Å². The number of methoxy groups -OCH3 is 1. The molecule has 7 heteroatoms. The zero-order valence-electron chi connectivity index (χ0n) is 13.7. The number of rotatable bonds is 6. The van der Waals surface area contributed by atoms with Gasteiger partial charge in [-0.1, -0.05) is 11.6 Å². The molecule has 1 N–H and O–H groups in total. The highest BCUT2D eigenvalue weighted by Crippen LogP contribution is 2.23. The Balaban J connectivity index is 1.94. The van der Waals surface area contributed by atoms with Crippen LogP contribution in [0.15, 0.2) is 42.5 Å². The zero-order valence-corrected chi connectivity index (χ0v) is 14.5. The van der Waals surface area contributed by atoms with Crippen molar-refractivity contribution in [3.05, 3.63) is 58.9 Å². The lowest BCUT2D eigenvalue weighted by Gasteiger charge is -2.14. The van der Waals surface area contributed by atoms with Crippen LogP contribution in [0, 0.1) is 5.82 Å². The van der Waals surface area contributed by atoms with Gasteiger partial charge < -0.3 is 14.8 Å². The van der Waals surface area contributed by atoms with E-state index >= 15 is 0 Å². The van der Waals surface area contributed by atoms with Crippen molar-refractivity contribution in [2.45, 2.75) is 19.4 Å². The summed E-state index contributed by atoms with van der Waals surface area (Å²) in [5, 5.41) is 3.00. The molecule has 0 spiro atoms. The number of anilines is 1. The van der Waals surface area contributed by atoms with Crippen molar-refractivity contribution in [1.29, 1.82) is 0 Å². The summed E-state index contributed by atoms with van der Waals surface area (Å²) in [6, 6.07) is 10.2. The van der Waals surface area contributed by atoms with Crippen molar-refractivity contribution in [3.8, 4) is 5.75 Å². The Bertz CT molecular complexity index is 764. The fourth-order valence-electron chi connectivity index (χ4n) is 2.11. The van der Waals surface area contributed by atoms with Gasteiger partial charge in [-0.25, -0.2) is 4.39 Å². The Labute approximate surface area is 149 Å². The van der Waals surface area contributed by atoms with Crippen LogP contribution in [0.2, 0.25) is 5.02 Å². The summed E-state index contributed by atoms with van der Waals surface area (Å²) in [5.74, 6) is -1.02. The Kier molecular flexibility index (Phi) is 6.36. The fraction of sp³-hybridized carbons (Fsp3) is 0.222. The summed E-state index contributed by atoms with van der Waals surface area (Å²) in [7, 11) is 1.48. The molecule has 0 aliphatic heterocycles. The minimum atomic E-state index is -1.01. The molecule has 0 saturated carbocycles. The Morgan fingerprint density at radius 2 is 1.88 bits per heavy atom. The van der Waals surface area contributed by atoms with Crippen molar-refractivity contribution in [2.24, 2.45) is 0 Å². The van der Waals surface area contributed by atoms with Gasteiger partial charge in [0.1, 0.15) is 11.6 Å². The van der Waals surface area contributed by atoms with Crippen LogP contribution in [0.4, 0.5) is 10.1 Å². The normalized spacial score (nSPS) is 11.5. The first-order valence-electron chi connectivity index (χ1n) is 7.47. The molecule has 2 aromatic carbocycles. The molecule has 132 valence electrons. The van der Waals surface area contributed by atoms with Crippen molar-refractivity contribution < 1.29 is 23.5 Å². The maximum Gasteiger partial charge on any atom is 0.311 e. The molecule has 1 atom stereocenters. The van der Waals surface area contributed by atoms with E-state index in [4.69, 9.17) is 21.1 Å². The number of carbonyl (C=O) groups is 2. The maximum atomic E-state index is 12.9. The summed E-state index contributed by atoms with van der Waals surface area (Å²) in [6.45, 7) is 1.45. The highest BCUT2D eigenvalue weighted by Gasteiger charge is 2.19. The minimum absolute atomic E-state index is 0.0854. The lowest BCUT2D eigenvalue weighted by molar-refractivity contribution is -0.152. The molecule has 25 heavy (non-hydrogen) atoms. The predicted octanol–water partition coefficient (Wildman–Crippen LogP) is 3.60. The first-order valence-corrected chi connectivity index (χ1v) is 7.85. The summed E-state index contributed by atoms with van der Waals surface area (Å²) in [5.41, 5.74) is 0.969. The molecule has 0 radical (unpaired) electrons. The molecule has 0 fully saturated rings. The van der Waals surface area contributed by atoms with Gasteiger partial charge in [-0.2, -0.15) is 0 Å². The van der Waals surface area contributed by atoms with Crippen LogP contribution in [0.3, 0.4) is 0 Å². The standard InChI is InChI=1S/C18H17ClFNO4/c1-11(18(23)21-15-6-4-14(20)5-7-15)25-17(22)10-12-9-13(19)3-8-16(12)24-2/h3-9,11H,10H2,1-2H3,(H,21,23)/t11-/m1/s1. The molecule has 2 rings (SSSR count). The molecule has 5 nitrogen and oxygen atoms in total. The average molecular weight is 366 g/mol. The summed E-state index contributed by atoms with van der Waals surface area (Å²) in [4.78, 5) is 24.1. The lowest BCUT2D eigenvalue weighted by Crippen LogP contribution is -2.30. The van der Waals surface area contributed by atoms with E-state index in [0.717, 1.165) is 0 Å². The molecule has 1 amide bonds. The van der Waals surface area contributed by atoms with Crippen LogP contribution >= 0.6 is 11.6 Å². The highest BCUT2D eigenvalue weighted by atomic mass is 35.5. The Morgan fingerprint density at radius 1 is 1.20 bits per heavy atom. The third kappa shape index (κ3) is 5.46. The fourth-order valence-corrected chi connectivity index (χ4v) is 2.30. The summed E-state index contributed by atoms with van der Waals surface area (Å²) >= 11 is 5.92. The van der Waals surface area contributed by atoms with E-state index in [1.807, 2.05) is 0 Å². The number of halogens is 2. The van der Waals surface area contributed by atoms with Gasteiger partial charge in [-0.05, 0) is 49.4 Å². The third-order valence-electron chi connectivity index (χ3n) is 3.37. The number of hydrogen-bond donors (Lipinski definition) is 1. The first kappa shape index (κ1) is 18.7. The molecular formula is C18H17ClFNO4. The van der Waals surface area contributed by atoms with Gasteiger partial charge in [0.2, 0.25) is 0 Å². The molecule has 0 unspecified atom stereocenters. The number of hydrogen-bond acceptors (Lipinski definition) is 4. The number of benzene rings is 2.